The van der Waals surface area contributed by atoms with Gasteiger partial charge >= 0.3 is 0 Å². The minimum absolute atomic E-state index is 0.0656. The maximum absolute atomic E-state index is 12.9. The van der Waals surface area contributed by atoms with E-state index in [4.69, 9.17) is 9.47 Å². The van der Waals surface area contributed by atoms with Crippen molar-refractivity contribution >= 4 is 11.7 Å². The van der Waals surface area contributed by atoms with Gasteiger partial charge in [-0.1, -0.05) is 0 Å². The molecule has 2 aromatic heterocycles. The van der Waals surface area contributed by atoms with E-state index in [1.54, 1.807) is 42.3 Å². The highest BCUT2D eigenvalue weighted by Gasteiger charge is 2.35. The molecule has 1 aromatic carbocycles. The fraction of sp³-hybridized carbons (Fsp3) is 0.391. The molecule has 1 amide bonds. The summed E-state index contributed by atoms with van der Waals surface area (Å²) < 4.78 is 13.1. The van der Waals surface area contributed by atoms with Crippen LogP contribution in [0.15, 0.2) is 36.7 Å². The van der Waals surface area contributed by atoms with Crippen molar-refractivity contribution < 1.29 is 19.1 Å². The molecule has 4 heterocycles. The first-order valence-electron chi connectivity index (χ1n) is 10.7. The Morgan fingerprint density at radius 3 is 2.78 bits per heavy atom. The number of benzene rings is 1. The summed E-state index contributed by atoms with van der Waals surface area (Å²) in [6, 6.07) is 7.10. The third kappa shape index (κ3) is 3.74. The van der Waals surface area contributed by atoms with E-state index in [1.807, 2.05) is 18.1 Å². The monoisotopic (exact) mass is 435 g/mol. The zero-order chi connectivity index (χ0) is 22.2. The number of methoxy groups -OCH3 is 1. The molecule has 0 saturated carbocycles. The highest BCUT2D eigenvalue weighted by Crippen LogP contribution is 2.35. The zero-order valence-corrected chi connectivity index (χ0v) is 18.1. The van der Waals surface area contributed by atoms with Gasteiger partial charge in [0.25, 0.3) is 5.91 Å². The van der Waals surface area contributed by atoms with Gasteiger partial charge in [-0.3, -0.25) is 19.4 Å². The summed E-state index contributed by atoms with van der Waals surface area (Å²) in [6.45, 7) is 1.24. The highest BCUT2D eigenvalue weighted by atomic mass is 16.5. The number of nitrogens with one attached hydrogen (secondary N) is 1. The number of ether oxygens (including phenoxy) is 2. The minimum atomic E-state index is -0.162. The summed E-state index contributed by atoms with van der Waals surface area (Å²) in [7, 11) is 3.42. The van der Waals surface area contributed by atoms with Gasteiger partial charge in [0.1, 0.15) is 23.3 Å². The van der Waals surface area contributed by atoms with Crippen LogP contribution in [0.25, 0.3) is 11.3 Å². The number of fused-ring (bicyclic) bond motifs is 1. The summed E-state index contributed by atoms with van der Waals surface area (Å²) in [4.78, 5) is 27.4. The van der Waals surface area contributed by atoms with E-state index in [0.29, 0.717) is 48.0 Å². The van der Waals surface area contributed by atoms with E-state index >= 15 is 0 Å². The molecule has 9 heteroatoms. The van der Waals surface area contributed by atoms with Crippen LogP contribution < -0.4 is 9.47 Å². The third-order valence-electron chi connectivity index (χ3n) is 6.31. The third-order valence-corrected chi connectivity index (χ3v) is 6.31. The van der Waals surface area contributed by atoms with Crippen molar-refractivity contribution in [2.24, 2.45) is 13.0 Å². The molecular formula is C23H25N5O4. The second kappa shape index (κ2) is 8.14. The largest absolute Gasteiger partial charge is 0.497 e. The van der Waals surface area contributed by atoms with Gasteiger partial charge in [-0.25, -0.2) is 0 Å². The molecule has 166 valence electrons. The molecule has 1 fully saturated rings. The van der Waals surface area contributed by atoms with Crippen molar-refractivity contribution in [3.63, 3.8) is 0 Å². The van der Waals surface area contributed by atoms with Crippen molar-refractivity contribution in [3.05, 3.63) is 47.9 Å². The number of Topliss-reactive ketones (excluding diaryl/α,β-unsaturated/α-hetero) is 1. The van der Waals surface area contributed by atoms with Crippen molar-refractivity contribution in [2.45, 2.75) is 25.4 Å². The number of aryl methyl sites for hydroxylation is 1. The molecule has 32 heavy (non-hydrogen) atoms. The fourth-order valence-electron chi connectivity index (χ4n) is 4.49. The Balaban J connectivity index is 1.21. The highest BCUT2D eigenvalue weighted by molar-refractivity contribution is 6.00. The molecule has 0 unspecified atom stereocenters. The summed E-state index contributed by atoms with van der Waals surface area (Å²) in [5.41, 5.74) is 2.60. The number of rotatable bonds is 4. The molecule has 2 aliphatic heterocycles. The maximum Gasteiger partial charge on any atom is 0.271 e. The molecule has 0 aliphatic carbocycles. The van der Waals surface area contributed by atoms with Crippen LogP contribution in [0.4, 0.5) is 0 Å². The average Bonchev–Trinajstić information content (AvgIpc) is 3.48. The first kappa shape index (κ1) is 20.3. The van der Waals surface area contributed by atoms with Crippen LogP contribution in [0.5, 0.6) is 11.5 Å². The summed E-state index contributed by atoms with van der Waals surface area (Å²) in [5.74, 6) is 1.51. The van der Waals surface area contributed by atoms with E-state index in [0.717, 1.165) is 18.4 Å². The van der Waals surface area contributed by atoms with Crippen LogP contribution in [0.1, 0.15) is 40.1 Å². The Bertz CT molecular complexity index is 1160. The first-order valence-corrected chi connectivity index (χ1v) is 10.7. The Morgan fingerprint density at radius 1 is 1.25 bits per heavy atom. The van der Waals surface area contributed by atoms with Crippen molar-refractivity contribution in [2.75, 3.05) is 20.2 Å². The lowest BCUT2D eigenvalue weighted by Crippen LogP contribution is -2.44. The number of amides is 1. The number of carbonyl (C=O) groups is 2. The maximum atomic E-state index is 12.9. The molecule has 0 radical (unpaired) electrons. The molecule has 3 aromatic rings. The number of aromatic amines is 1. The number of likely N-dealkylation sites (tertiary alicyclic amines) is 1. The van der Waals surface area contributed by atoms with E-state index in [-0.39, 0.29) is 23.7 Å². The number of H-pyrrole nitrogens is 1. The van der Waals surface area contributed by atoms with Gasteiger partial charge < -0.3 is 14.4 Å². The first-order chi connectivity index (χ1) is 15.5. The van der Waals surface area contributed by atoms with Crippen LogP contribution in [0.3, 0.4) is 0 Å². The van der Waals surface area contributed by atoms with Gasteiger partial charge in [-0.2, -0.15) is 10.2 Å². The van der Waals surface area contributed by atoms with Gasteiger partial charge in [0.15, 0.2) is 5.78 Å². The van der Waals surface area contributed by atoms with E-state index in [2.05, 4.69) is 15.3 Å². The van der Waals surface area contributed by atoms with Gasteiger partial charge in [0.05, 0.1) is 24.6 Å². The molecule has 2 aliphatic rings. The SMILES string of the molecule is COc1ccc2c(c1)C(=O)C[C@H](C1CCN(C(=O)c3cc(-c4cnn(C)c4)n[nH]3)CC1)O2. The number of hydrogen-bond donors (Lipinski definition) is 1. The van der Waals surface area contributed by atoms with Gasteiger partial charge in [0.2, 0.25) is 0 Å². The summed E-state index contributed by atoms with van der Waals surface area (Å²) in [5, 5.41) is 11.3. The van der Waals surface area contributed by atoms with E-state index < -0.39 is 0 Å². The topological polar surface area (TPSA) is 102 Å². The molecule has 0 bridgehead atoms. The minimum Gasteiger partial charge on any atom is -0.497 e. The average molecular weight is 435 g/mol. The predicted octanol–water partition coefficient (Wildman–Crippen LogP) is 2.71. The smallest absolute Gasteiger partial charge is 0.271 e. The molecule has 5 rings (SSSR count). The van der Waals surface area contributed by atoms with E-state index in [9.17, 15) is 9.59 Å². The molecule has 1 atom stereocenters. The molecule has 1 saturated heterocycles. The number of carbonyl (C=O) groups excluding carboxylic acids is 2. The van der Waals surface area contributed by atoms with Gasteiger partial charge in [-0.15, -0.1) is 0 Å². The Hall–Kier alpha value is -3.62. The van der Waals surface area contributed by atoms with Crippen molar-refractivity contribution in [3.8, 4) is 22.8 Å². The standard InChI is InChI=1S/C23H25N5O4/c1-27-13-15(12-24-27)18-10-19(26-25-18)23(30)28-7-5-14(6-8-28)22-11-20(29)17-9-16(31-2)3-4-21(17)32-22/h3-4,9-10,12-14,22H,5-8,11H2,1-2H3,(H,25,26)/t22-/m1/s1. The van der Waals surface area contributed by atoms with Crippen LogP contribution in [-0.4, -0.2) is 62.9 Å². The Kier molecular flexibility index (Phi) is 5.16. The van der Waals surface area contributed by atoms with E-state index in [1.165, 1.54) is 0 Å². The lowest BCUT2D eigenvalue weighted by atomic mass is 9.86. The molecule has 9 nitrogen and oxygen atoms in total. The molecule has 1 N–H and O–H groups in total. The quantitative estimate of drug-likeness (QED) is 0.676. The normalized spacial score (nSPS) is 18.9. The second-order valence-corrected chi connectivity index (χ2v) is 8.34. The molecule has 0 spiro atoms. The van der Waals surface area contributed by atoms with Crippen LogP contribution in [0, 0.1) is 5.92 Å². The number of aromatic nitrogens is 4. The van der Waals surface area contributed by atoms with Crippen molar-refractivity contribution in [1.29, 1.82) is 0 Å². The van der Waals surface area contributed by atoms with Crippen LogP contribution in [0.2, 0.25) is 0 Å². The van der Waals surface area contributed by atoms with Crippen LogP contribution >= 0.6 is 0 Å². The number of ketones is 1. The fourth-order valence-corrected chi connectivity index (χ4v) is 4.49. The summed E-state index contributed by atoms with van der Waals surface area (Å²) >= 11 is 0. The van der Waals surface area contributed by atoms with Crippen molar-refractivity contribution in [1.82, 2.24) is 24.9 Å². The summed E-state index contributed by atoms with van der Waals surface area (Å²) in [6.07, 6.45) is 5.35. The van der Waals surface area contributed by atoms with Gasteiger partial charge in [-0.05, 0) is 43.0 Å². The van der Waals surface area contributed by atoms with Gasteiger partial charge in [0, 0.05) is 38.3 Å². The van der Waals surface area contributed by atoms with Crippen LogP contribution in [-0.2, 0) is 7.05 Å². The second-order valence-electron chi connectivity index (χ2n) is 8.34. The predicted molar refractivity (Wildman–Crippen MR) is 116 cm³/mol. The molecular weight excluding hydrogens is 410 g/mol. The number of piperidine rings is 1. The zero-order valence-electron chi connectivity index (χ0n) is 18.1. The number of hydrogen-bond acceptors (Lipinski definition) is 6. The lowest BCUT2D eigenvalue weighted by Gasteiger charge is -2.37. The lowest BCUT2D eigenvalue weighted by molar-refractivity contribution is 0.0449. The Morgan fingerprint density at radius 2 is 2.06 bits per heavy atom. The Labute approximate surface area is 185 Å². The number of nitrogens with zero attached hydrogens (tertiary/aromatic N) is 4.